The molecule has 1 aromatic carbocycles. The molecule has 0 aromatic heterocycles. The van der Waals surface area contributed by atoms with Crippen molar-refractivity contribution in [3.05, 3.63) is 29.8 Å². The lowest BCUT2D eigenvalue weighted by Crippen LogP contribution is -2.51. The van der Waals surface area contributed by atoms with Gasteiger partial charge in [-0.05, 0) is 73.8 Å². The van der Waals surface area contributed by atoms with Crippen LogP contribution in [0.3, 0.4) is 0 Å². The monoisotopic (exact) mass is 320 g/mol. The van der Waals surface area contributed by atoms with Gasteiger partial charge in [-0.3, -0.25) is 0 Å². The first kappa shape index (κ1) is 14.9. The Bertz CT molecular complexity index is 596. The summed E-state index contributed by atoms with van der Waals surface area (Å²) in [5.74, 6) is 1.28. The van der Waals surface area contributed by atoms with E-state index in [1.807, 2.05) is 0 Å². The topological polar surface area (TPSA) is 41.1 Å². The first-order valence-corrected chi connectivity index (χ1v) is 8.51. The SMILES string of the molecule is O=C(NCC12CC3CC(CC(C3)C1)C2)Nc1cc(F)ccc1F. The van der Waals surface area contributed by atoms with Crippen molar-refractivity contribution in [2.24, 2.45) is 23.2 Å². The van der Waals surface area contributed by atoms with Crippen molar-refractivity contribution in [2.45, 2.75) is 38.5 Å². The summed E-state index contributed by atoms with van der Waals surface area (Å²) in [5.41, 5.74) is 0.111. The van der Waals surface area contributed by atoms with Gasteiger partial charge in [-0.2, -0.15) is 0 Å². The van der Waals surface area contributed by atoms with E-state index in [1.54, 1.807) is 0 Å². The van der Waals surface area contributed by atoms with Crippen molar-refractivity contribution >= 4 is 11.7 Å². The Labute approximate surface area is 134 Å². The molecule has 0 atom stereocenters. The van der Waals surface area contributed by atoms with Crippen LogP contribution in [0, 0.1) is 34.8 Å². The van der Waals surface area contributed by atoms with E-state index in [1.165, 1.54) is 38.5 Å². The Morgan fingerprint density at radius 2 is 1.70 bits per heavy atom. The molecule has 0 radical (unpaired) electrons. The Morgan fingerprint density at radius 1 is 1.09 bits per heavy atom. The Morgan fingerprint density at radius 3 is 2.30 bits per heavy atom. The first-order chi connectivity index (χ1) is 11.0. The summed E-state index contributed by atoms with van der Waals surface area (Å²) in [4.78, 5) is 12.1. The van der Waals surface area contributed by atoms with Crippen LogP contribution in [0.4, 0.5) is 19.3 Å². The maximum absolute atomic E-state index is 13.6. The predicted molar refractivity (Wildman–Crippen MR) is 84.0 cm³/mol. The molecule has 5 heteroatoms. The van der Waals surface area contributed by atoms with Crippen molar-refractivity contribution in [3.8, 4) is 0 Å². The molecule has 0 saturated heterocycles. The number of anilines is 1. The highest BCUT2D eigenvalue weighted by atomic mass is 19.1. The second-order valence-corrected chi connectivity index (χ2v) is 7.85. The molecule has 3 nitrogen and oxygen atoms in total. The fourth-order valence-corrected chi connectivity index (χ4v) is 5.53. The highest BCUT2D eigenvalue weighted by Gasteiger charge is 2.50. The number of rotatable bonds is 3. The van der Waals surface area contributed by atoms with E-state index >= 15 is 0 Å². The third-order valence-corrected chi connectivity index (χ3v) is 5.97. The Balaban J connectivity index is 1.37. The Kier molecular flexibility index (Phi) is 3.54. The highest BCUT2D eigenvalue weighted by Crippen LogP contribution is 2.59. The van der Waals surface area contributed by atoms with Crippen molar-refractivity contribution in [1.82, 2.24) is 5.32 Å². The molecule has 4 bridgehead atoms. The van der Waals surface area contributed by atoms with Gasteiger partial charge in [-0.25, -0.2) is 13.6 Å². The maximum atomic E-state index is 13.6. The van der Waals surface area contributed by atoms with Gasteiger partial charge in [0, 0.05) is 12.6 Å². The number of nitrogens with one attached hydrogen (secondary N) is 2. The van der Waals surface area contributed by atoms with Crippen molar-refractivity contribution in [3.63, 3.8) is 0 Å². The zero-order valence-electron chi connectivity index (χ0n) is 13.1. The van der Waals surface area contributed by atoms with Crippen LogP contribution in [-0.2, 0) is 0 Å². The molecule has 4 saturated carbocycles. The minimum Gasteiger partial charge on any atom is -0.337 e. The molecule has 4 aliphatic rings. The third kappa shape index (κ3) is 2.93. The van der Waals surface area contributed by atoms with Crippen molar-refractivity contribution in [2.75, 3.05) is 11.9 Å². The molecule has 2 amide bonds. The zero-order chi connectivity index (χ0) is 16.0. The van der Waals surface area contributed by atoms with E-state index < -0.39 is 17.7 Å². The zero-order valence-corrected chi connectivity index (χ0v) is 13.1. The maximum Gasteiger partial charge on any atom is 0.319 e. The molecule has 0 aliphatic heterocycles. The Hall–Kier alpha value is -1.65. The summed E-state index contributed by atoms with van der Waals surface area (Å²) >= 11 is 0. The lowest BCUT2D eigenvalue weighted by atomic mass is 9.49. The molecule has 2 N–H and O–H groups in total. The van der Waals surface area contributed by atoms with Gasteiger partial charge in [0.25, 0.3) is 0 Å². The van der Waals surface area contributed by atoms with E-state index in [9.17, 15) is 13.6 Å². The molecule has 0 heterocycles. The minimum atomic E-state index is -0.628. The summed E-state index contributed by atoms with van der Waals surface area (Å²) < 4.78 is 26.7. The third-order valence-electron chi connectivity index (χ3n) is 5.97. The van der Waals surface area contributed by atoms with E-state index in [0.717, 1.165) is 36.0 Å². The van der Waals surface area contributed by atoms with Gasteiger partial charge >= 0.3 is 6.03 Å². The molecule has 0 spiro atoms. The van der Waals surface area contributed by atoms with Crippen LogP contribution in [0.1, 0.15) is 38.5 Å². The van der Waals surface area contributed by atoms with E-state index in [0.29, 0.717) is 6.54 Å². The van der Waals surface area contributed by atoms with Crippen molar-refractivity contribution in [1.29, 1.82) is 0 Å². The van der Waals surface area contributed by atoms with Crippen LogP contribution >= 0.6 is 0 Å². The lowest BCUT2D eigenvalue weighted by molar-refractivity contribution is -0.0496. The van der Waals surface area contributed by atoms with E-state index in [-0.39, 0.29) is 11.1 Å². The van der Waals surface area contributed by atoms with Gasteiger partial charge in [0.2, 0.25) is 0 Å². The second-order valence-electron chi connectivity index (χ2n) is 7.85. The number of amides is 2. The number of carbonyl (C=O) groups excluding carboxylic acids is 1. The molecule has 5 rings (SSSR count). The summed E-state index contributed by atoms with van der Waals surface area (Å²) in [6.45, 7) is 0.638. The van der Waals surface area contributed by atoms with Crippen LogP contribution in [0.2, 0.25) is 0 Å². The first-order valence-electron chi connectivity index (χ1n) is 8.51. The molecule has 23 heavy (non-hydrogen) atoms. The van der Waals surface area contributed by atoms with Gasteiger partial charge in [-0.15, -0.1) is 0 Å². The number of benzene rings is 1. The van der Waals surface area contributed by atoms with Gasteiger partial charge in [0.15, 0.2) is 0 Å². The number of urea groups is 1. The molecular formula is C18H22F2N2O. The van der Waals surface area contributed by atoms with Gasteiger partial charge in [0.05, 0.1) is 5.69 Å². The normalized spacial score (nSPS) is 34.4. The number of halogens is 2. The van der Waals surface area contributed by atoms with Crippen LogP contribution < -0.4 is 10.6 Å². The molecule has 1 aromatic rings. The summed E-state index contributed by atoms with van der Waals surface area (Å²) in [7, 11) is 0. The number of hydrogen-bond donors (Lipinski definition) is 2. The summed E-state index contributed by atoms with van der Waals surface area (Å²) in [5, 5.41) is 5.31. The fourth-order valence-electron chi connectivity index (χ4n) is 5.53. The van der Waals surface area contributed by atoms with Crippen LogP contribution in [0.15, 0.2) is 18.2 Å². The average Bonchev–Trinajstić information content (AvgIpc) is 2.48. The standard InChI is InChI=1S/C18H22F2N2O/c19-14-1-2-15(20)16(6-14)22-17(23)21-10-18-7-11-3-12(8-18)5-13(4-11)9-18/h1-2,6,11-13H,3-5,7-10H2,(H2,21,22,23). The van der Waals surface area contributed by atoms with Gasteiger partial charge in [0.1, 0.15) is 11.6 Å². The fraction of sp³-hybridized carbons (Fsp3) is 0.611. The largest absolute Gasteiger partial charge is 0.337 e. The van der Waals surface area contributed by atoms with Gasteiger partial charge in [-0.1, -0.05) is 0 Å². The average molecular weight is 320 g/mol. The lowest BCUT2D eigenvalue weighted by Gasteiger charge is -2.56. The highest BCUT2D eigenvalue weighted by molar-refractivity contribution is 5.89. The smallest absolute Gasteiger partial charge is 0.319 e. The predicted octanol–water partition coefficient (Wildman–Crippen LogP) is 4.30. The van der Waals surface area contributed by atoms with Gasteiger partial charge < -0.3 is 10.6 Å². The minimum absolute atomic E-state index is 0.118. The summed E-state index contributed by atoms with van der Waals surface area (Å²) in [6, 6.07) is 2.60. The van der Waals surface area contributed by atoms with Crippen LogP contribution in [-0.4, -0.2) is 12.6 Å². The summed E-state index contributed by atoms with van der Waals surface area (Å²) in [6.07, 6.45) is 7.69. The number of hydrogen-bond acceptors (Lipinski definition) is 1. The molecule has 0 unspecified atom stereocenters. The quantitative estimate of drug-likeness (QED) is 0.856. The molecule has 4 fully saturated rings. The van der Waals surface area contributed by atoms with Crippen molar-refractivity contribution < 1.29 is 13.6 Å². The van der Waals surface area contributed by atoms with Crippen LogP contribution in [0.5, 0.6) is 0 Å². The van der Waals surface area contributed by atoms with Crippen LogP contribution in [0.25, 0.3) is 0 Å². The number of carbonyl (C=O) groups is 1. The van der Waals surface area contributed by atoms with E-state index in [4.69, 9.17) is 0 Å². The molecule has 4 aliphatic carbocycles. The van der Waals surface area contributed by atoms with E-state index in [2.05, 4.69) is 10.6 Å². The second kappa shape index (κ2) is 5.46. The molecular weight excluding hydrogens is 298 g/mol. The molecule has 124 valence electrons.